The van der Waals surface area contributed by atoms with Gasteiger partial charge in [0, 0.05) is 5.56 Å². The highest BCUT2D eigenvalue weighted by atomic mass is 16.5. The van der Waals surface area contributed by atoms with Crippen LogP contribution < -0.4 is 15.4 Å². The number of benzene rings is 3. The summed E-state index contributed by atoms with van der Waals surface area (Å²) in [7, 11) is 0. The first-order chi connectivity index (χ1) is 13.6. The maximum Gasteiger partial charge on any atom is 0.257 e. The number of hydrogen-bond donors (Lipinski definition) is 2. The standard InChI is InChI=1S/C23H22N2O3/c1-3-28-21-14-7-6-13-20(21)25-23(27)18-11-4-5-12-19(18)24-22(26)17-10-8-9-16(2)15-17/h4-15H,3H2,1-2H3,(H,24,26)(H,25,27). The van der Waals surface area contributed by atoms with Crippen LogP contribution in [-0.2, 0) is 0 Å². The van der Waals surface area contributed by atoms with Crippen molar-refractivity contribution in [1.29, 1.82) is 0 Å². The van der Waals surface area contributed by atoms with E-state index < -0.39 is 0 Å². The van der Waals surface area contributed by atoms with E-state index in [1.165, 1.54) is 0 Å². The van der Waals surface area contributed by atoms with Gasteiger partial charge in [0.1, 0.15) is 5.75 Å². The predicted molar refractivity (Wildman–Crippen MR) is 111 cm³/mol. The number of rotatable bonds is 6. The van der Waals surface area contributed by atoms with Gasteiger partial charge >= 0.3 is 0 Å². The van der Waals surface area contributed by atoms with Crippen LogP contribution in [0.2, 0.25) is 0 Å². The number of carbonyl (C=O) groups is 2. The fraction of sp³-hybridized carbons (Fsp3) is 0.130. The third kappa shape index (κ3) is 4.57. The number of para-hydroxylation sites is 3. The van der Waals surface area contributed by atoms with E-state index in [0.29, 0.717) is 34.9 Å². The Morgan fingerprint density at radius 1 is 0.821 bits per heavy atom. The van der Waals surface area contributed by atoms with Crippen LogP contribution in [0.15, 0.2) is 72.8 Å². The molecule has 142 valence electrons. The second-order valence-electron chi connectivity index (χ2n) is 6.25. The van der Waals surface area contributed by atoms with Gasteiger partial charge in [-0.05, 0) is 50.2 Å². The van der Waals surface area contributed by atoms with E-state index >= 15 is 0 Å². The first kappa shape index (κ1) is 19.2. The molecule has 5 heteroatoms. The normalized spacial score (nSPS) is 10.2. The molecule has 0 aromatic heterocycles. The van der Waals surface area contributed by atoms with Gasteiger partial charge in [0.2, 0.25) is 0 Å². The quantitative estimate of drug-likeness (QED) is 0.645. The van der Waals surface area contributed by atoms with E-state index in [9.17, 15) is 9.59 Å². The minimum atomic E-state index is -0.327. The minimum absolute atomic E-state index is 0.265. The number of amides is 2. The lowest BCUT2D eigenvalue weighted by Crippen LogP contribution is -2.18. The molecule has 3 aromatic rings. The summed E-state index contributed by atoms with van der Waals surface area (Å²) in [6, 6.07) is 21.4. The van der Waals surface area contributed by atoms with E-state index in [1.807, 2.05) is 38.1 Å². The van der Waals surface area contributed by atoms with Gasteiger partial charge in [-0.25, -0.2) is 0 Å². The van der Waals surface area contributed by atoms with E-state index in [1.54, 1.807) is 48.5 Å². The predicted octanol–water partition coefficient (Wildman–Crippen LogP) is 4.90. The molecule has 0 radical (unpaired) electrons. The van der Waals surface area contributed by atoms with Gasteiger partial charge in [0.15, 0.2) is 0 Å². The fourth-order valence-electron chi connectivity index (χ4n) is 2.81. The molecule has 0 aliphatic rings. The number of carbonyl (C=O) groups excluding carboxylic acids is 2. The molecular formula is C23H22N2O3. The topological polar surface area (TPSA) is 67.4 Å². The summed E-state index contributed by atoms with van der Waals surface area (Å²) in [5, 5.41) is 5.69. The number of aryl methyl sites for hydroxylation is 1. The van der Waals surface area contributed by atoms with Crippen LogP contribution in [0.4, 0.5) is 11.4 Å². The van der Waals surface area contributed by atoms with Crippen molar-refractivity contribution in [3.05, 3.63) is 89.5 Å². The van der Waals surface area contributed by atoms with Crippen molar-refractivity contribution in [1.82, 2.24) is 0 Å². The molecule has 5 nitrogen and oxygen atoms in total. The average molecular weight is 374 g/mol. The number of anilines is 2. The minimum Gasteiger partial charge on any atom is -0.492 e. The third-order valence-electron chi connectivity index (χ3n) is 4.14. The van der Waals surface area contributed by atoms with Gasteiger partial charge in [0.25, 0.3) is 11.8 Å². The van der Waals surface area contributed by atoms with Gasteiger partial charge < -0.3 is 15.4 Å². The fourth-order valence-corrected chi connectivity index (χ4v) is 2.81. The molecule has 3 aromatic carbocycles. The van der Waals surface area contributed by atoms with Crippen molar-refractivity contribution in [2.45, 2.75) is 13.8 Å². The Balaban J connectivity index is 1.82. The SMILES string of the molecule is CCOc1ccccc1NC(=O)c1ccccc1NC(=O)c1cccc(C)c1. The van der Waals surface area contributed by atoms with Crippen LogP contribution in [0.25, 0.3) is 0 Å². The van der Waals surface area contributed by atoms with E-state index in [2.05, 4.69) is 10.6 Å². The molecule has 3 rings (SSSR count). The molecule has 0 unspecified atom stereocenters. The Kier molecular flexibility index (Phi) is 6.07. The zero-order valence-corrected chi connectivity index (χ0v) is 15.9. The van der Waals surface area contributed by atoms with Crippen LogP contribution in [-0.4, -0.2) is 18.4 Å². The van der Waals surface area contributed by atoms with Gasteiger partial charge in [-0.3, -0.25) is 9.59 Å². The van der Waals surface area contributed by atoms with Gasteiger partial charge in [0.05, 0.1) is 23.5 Å². The second-order valence-corrected chi connectivity index (χ2v) is 6.25. The Morgan fingerprint density at radius 3 is 2.25 bits per heavy atom. The van der Waals surface area contributed by atoms with Crippen molar-refractivity contribution >= 4 is 23.2 Å². The second kappa shape index (κ2) is 8.86. The summed E-state index contributed by atoms with van der Waals surface area (Å²) in [6.45, 7) is 4.30. The van der Waals surface area contributed by atoms with Crippen molar-refractivity contribution < 1.29 is 14.3 Å². The lowest BCUT2D eigenvalue weighted by atomic mass is 10.1. The molecule has 0 aliphatic heterocycles. The highest BCUT2D eigenvalue weighted by Gasteiger charge is 2.15. The average Bonchev–Trinajstić information content (AvgIpc) is 2.70. The summed E-state index contributed by atoms with van der Waals surface area (Å²) in [4.78, 5) is 25.4. The van der Waals surface area contributed by atoms with Crippen LogP contribution in [0.5, 0.6) is 5.75 Å². The summed E-state index contributed by atoms with van der Waals surface area (Å²) >= 11 is 0. The van der Waals surface area contributed by atoms with Crippen molar-refractivity contribution in [2.24, 2.45) is 0 Å². The van der Waals surface area contributed by atoms with Crippen LogP contribution in [0.3, 0.4) is 0 Å². The molecule has 0 saturated heterocycles. The highest BCUT2D eigenvalue weighted by Crippen LogP contribution is 2.25. The zero-order chi connectivity index (χ0) is 19.9. The number of ether oxygens (including phenoxy) is 1. The lowest BCUT2D eigenvalue weighted by molar-refractivity contribution is 0.102. The van der Waals surface area contributed by atoms with Gasteiger partial charge in [-0.1, -0.05) is 42.0 Å². The number of hydrogen-bond acceptors (Lipinski definition) is 3. The maximum absolute atomic E-state index is 12.8. The van der Waals surface area contributed by atoms with Crippen molar-refractivity contribution in [3.8, 4) is 5.75 Å². The van der Waals surface area contributed by atoms with Crippen molar-refractivity contribution in [2.75, 3.05) is 17.2 Å². The first-order valence-electron chi connectivity index (χ1n) is 9.08. The zero-order valence-electron chi connectivity index (χ0n) is 15.9. The van der Waals surface area contributed by atoms with E-state index in [-0.39, 0.29) is 11.8 Å². The van der Waals surface area contributed by atoms with E-state index in [0.717, 1.165) is 5.56 Å². The maximum atomic E-state index is 12.8. The highest BCUT2D eigenvalue weighted by molar-refractivity contribution is 6.12. The molecule has 0 fully saturated rings. The Morgan fingerprint density at radius 2 is 1.50 bits per heavy atom. The molecule has 0 bridgehead atoms. The summed E-state index contributed by atoms with van der Waals surface area (Å²) in [5.41, 5.74) is 2.92. The molecule has 2 amide bonds. The summed E-state index contributed by atoms with van der Waals surface area (Å²) in [5.74, 6) is 0.00518. The van der Waals surface area contributed by atoms with Gasteiger partial charge in [-0.15, -0.1) is 0 Å². The first-order valence-corrected chi connectivity index (χ1v) is 9.08. The Hall–Kier alpha value is -3.60. The molecule has 2 N–H and O–H groups in total. The molecule has 28 heavy (non-hydrogen) atoms. The Labute approximate surface area is 164 Å². The van der Waals surface area contributed by atoms with Crippen LogP contribution >= 0.6 is 0 Å². The Bertz CT molecular complexity index is 998. The summed E-state index contributed by atoms with van der Waals surface area (Å²) < 4.78 is 5.55. The molecule has 0 spiro atoms. The molecular weight excluding hydrogens is 352 g/mol. The number of nitrogens with one attached hydrogen (secondary N) is 2. The summed E-state index contributed by atoms with van der Waals surface area (Å²) in [6.07, 6.45) is 0. The molecule has 0 heterocycles. The van der Waals surface area contributed by atoms with Crippen LogP contribution in [0, 0.1) is 6.92 Å². The third-order valence-corrected chi connectivity index (χ3v) is 4.14. The van der Waals surface area contributed by atoms with Gasteiger partial charge in [-0.2, -0.15) is 0 Å². The lowest BCUT2D eigenvalue weighted by Gasteiger charge is -2.14. The molecule has 0 saturated carbocycles. The molecule has 0 atom stereocenters. The largest absolute Gasteiger partial charge is 0.492 e. The van der Waals surface area contributed by atoms with Crippen molar-refractivity contribution in [3.63, 3.8) is 0 Å². The van der Waals surface area contributed by atoms with Crippen LogP contribution in [0.1, 0.15) is 33.2 Å². The smallest absolute Gasteiger partial charge is 0.257 e. The van der Waals surface area contributed by atoms with E-state index in [4.69, 9.17) is 4.74 Å². The monoisotopic (exact) mass is 374 g/mol. The molecule has 0 aliphatic carbocycles.